The Bertz CT molecular complexity index is 601. The van der Waals surface area contributed by atoms with E-state index in [0.717, 1.165) is 17.8 Å². The molecule has 0 amide bonds. The van der Waals surface area contributed by atoms with Gasteiger partial charge in [0.05, 0.1) is 11.2 Å². The summed E-state index contributed by atoms with van der Waals surface area (Å²) >= 11 is 0.753. The van der Waals surface area contributed by atoms with Gasteiger partial charge in [0, 0.05) is 4.90 Å². The number of ketones is 1. The molecular formula is C14H9F3O2S. The zero-order chi connectivity index (χ0) is 14.6. The van der Waals surface area contributed by atoms with E-state index < -0.39 is 16.9 Å². The molecule has 20 heavy (non-hydrogen) atoms. The van der Waals surface area contributed by atoms with Gasteiger partial charge in [-0.05, 0) is 30.3 Å². The minimum Gasteiger partial charge on any atom is -0.465 e. The number of furan rings is 1. The molecule has 0 aliphatic heterocycles. The number of hydrogen-bond acceptors (Lipinski definition) is 3. The first-order valence-corrected chi connectivity index (χ1v) is 6.38. The molecular weight excluding hydrogens is 289 g/mol. The molecule has 2 nitrogen and oxygen atoms in total. The van der Waals surface area contributed by atoms with Crippen LogP contribution in [0.25, 0.3) is 6.08 Å². The highest BCUT2D eigenvalue weighted by atomic mass is 32.2. The van der Waals surface area contributed by atoms with Gasteiger partial charge in [0.15, 0.2) is 0 Å². The van der Waals surface area contributed by atoms with Gasteiger partial charge in [0.2, 0.25) is 0 Å². The van der Waals surface area contributed by atoms with Crippen molar-refractivity contribution in [2.45, 2.75) is 11.1 Å². The normalized spacial score (nSPS) is 12.4. The monoisotopic (exact) mass is 298 g/mol. The second kappa shape index (κ2) is 6.00. The summed E-state index contributed by atoms with van der Waals surface area (Å²) in [5.41, 5.74) is 0. The molecule has 0 radical (unpaired) electrons. The maximum atomic E-state index is 12.6. The van der Waals surface area contributed by atoms with Gasteiger partial charge >= 0.3 is 6.18 Å². The average Bonchev–Trinajstić information content (AvgIpc) is 2.90. The highest BCUT2D eigenvalue weighted by Crippen LogP contribution is 2.34. The molecule has 0 unspecified atom stereocenters. The zero-order valence-electron chi connectivity index (χ0n) is 10.1. The van der Waals surface area contributed by atoms with Gasteiger partial charge in [-0.2, -0.15) is 13.2 Å². The smallest absolute Gasteiger partial charge is 0.455 e. The molecule has 1 aromatic heterocycles. The van der Waals surface area contributed by atoms with Gasteiger partial charge < -0.3 is 4.42 Å². The Morgan fingerprint density at radius 1 is 1.10 bits per heavy atom. The minimum atomic E-state index is -4.92. The largest absolute Gasteiger partial charge is 0.465 e. The number of thioether (sulfide) groups is 1. The number of Topliss-reactive ketones (excluding diaryl/α,β-unsaturated/α-hetero) is 1. The number of allylic oxidation sites excluding steroid dienone is 1. The Hall–Kier alpha value is -1.95. The van der Waals surface area contributed by atoms with Crippen molar-refractivity contribution < 1.29 is 22.4 Å². The van der Waals surface area contributed by atoms with Crippen LogP contribution >= 0.6 is 11.8 Å². The van der Waals surface area contributed by atoms with E-state index in [2.05, 4.69) is 0 Å². The molecule has 2 rings (SSSR count). The van der Waals surface area contributed by atoms with Crippen LogP contribution in [0.3, 0.4) is 0 Å². The Labute approximate surface area is 117 Å². The topological polar surface area (TPSA) is 30.2 Å². The van der Waals surface area contributed by atoms with E-state index in [4.69, 9.17) is 4.42 Å². The molecule has 0 fully saturated rings. The summed E-state index contributed by atoms with van der Waals surface area (Å²) in [7, 11) is 0. The number of halogens is 3. The van der Waals surface area contributed by atoms with Gasteiger partial charge in [-0.25, -0.2) is 0 Å². The number of carbonyl (C=O) groups is 1. The number of hydrogen-bond donors (Lipinski definition) is 0. The van der Waals surface area contributed by atoms with Crippen LogP contribution in [-0.4, -0.2) is 12.0 Å². The molecule has 0 bridgehead atoms. The maximum Gasteiger partial charge on any atom is 0.455 e. The number of rotatable bonds is 4. The summed E-state index contributed by atoms with van der Waals surface area (Å²) < 4.78 is 42.7. The first-order chi connectivity index (χ1) is 9.47. The Morgan fingerprint density at radius 3 is 2.35 bits per heavy atom. The maximum absolute atomic E-state index is 12.6. The zero-order valence-corrected chi connectivity index (χ0v) is 10.9. The van der Waals surface area contributed by atoms with Crippen molar-refractivity contribution >= 4 is 23.6 Å². The van der Waals surface area contributed by atoms with Gasteiger partial charge in [0.1, 0.15) is 5.76 Å². The van der Waals surface area contributed by atoms with Gasteiger partial charge in [-0.3, -0.25) is 4.79 Å². The van der Waals surface area contributed by atoms with Crippen molar-refractivity contribution in [2.75, 3.05) is 0 Å². The predicted octanol–water partition coefficient (Wildman–Crippen LogP) is 4.54. The van der Waals surface area contributed by atoms with E-state index in [0.29, 0.717) is 4.90 Å². The van der Waals surface area contributed by atoms with Crippen molar-refractivity contribution in [2.24, 2.45) is 0 Å². The first-order valence-electron chi connectivity index (χ1n) is 5.56. The fourth-order valence-electron chi connectivity index (χ4n) is 1.40. The standard InChI is InChI=1S/C14H9F3O2S/c15-14(16,17)13(18)12(9-10-5-4-8-19-10)20-11-6-2-1-3-7-11/h1-9H/b12-9-. The quantitative estimate of drug-likeness (QED) is 0.613. The fourth-order valence-corrected chi connectivity index (χ4v) is 2.33. The summed E-state index contributed by atoms with van der Waals surface area (Å²) in [5.74, 6) is -1.69. The second-order valence-electron chi connectivity index (χ2n) is 3.77. The molecule has 0 atom stereocenters. The van der Waals surface area contributed by atoms with Gasteiger partial charge in [-0.15, -0.1) is 0 Å². The molecule has 0 saturated heterocycles. The molecule has 0 aliphatic carbocycles. The van der Waals surface area contributed by atoms with Crippen LogP contribution in [0.1, 0.15) is 5.76 Å². The number of alkyl halides is 3. The third kappa shape index (κ3) is 3.77. The van der Waals surface area contributed by atoms with Crippen LogP contribution in [-0.2, 0) is 4.79 Å². The van der Waals surface area contributed by atoms with Crippen LogP contribution in [0.2, 0.25) is 0 Å². The van der Waals surface area contributed by atoms with E-state index in [1.54, 1.807) is 30.3 Å². The fraction of sp³-hybridized carbons (Fsp3) is 0.0714. The average molecular weight is 298 g/mol. The van der Waals surface area contributed by atoms with E-state index >= 15 is 0 Å². The van der Waals surface area contributed by atoms with Crippen molar-refractivity contribution in [1.82, 2.24) is 0 Å². The SMILES string of the molecule is O=C(/C(=C/c1ccco1)Sc1ccccc1)C(F)(F)F. The summed E-state index contributed by atoms with van der Waals surface area (Å²) in [6.45, 7) is 0. The lowest BCUT2D eigenvalue weighted by Crippen LogP contribution is -2.23. The molecule has 1 heterocycles. The minimum absolute atomic E-state index is 0.195. The van der Waals surface area contributed by atoms with E-state index in [1.165, 1.54) is 18.4 Å². The summed E-state index contributed by atoms with van der Waals surface area (Å²) in [4.78, 5) is 11.6. The third-order valence-corrected chi connectivity index (χ3v) is 3.30. The van der Waals surface area contributed by atoms with Crippen LogP contribution in [0.15, 0.2) is 62.9 Å². The Morgan fingerprint density at radius 2 is 1.80 bits per heavy atom. The molecule has 2 aromatic rings. The molecule has 0 saturated carbocycles. The van der Waals surface area contributed by atoms with E-state index in [1.807, 2.05) is 0 Å². The first kappa shape index (κ1) is 14.5. The van der Waals surface area contributed by atoms with Crippen LogP contribution in [0.5, 0.6) is 0 Å². The predicted molar refractivity (Wildman–Crippen MR) is 70.0 cm³/mol. The highest BCUT2D eigenvalue weighted by Gasteiger charge is 2.41. The van der Waals surface area contributed by atoms with Crippen LogP contribution in [0, 0.1) is 0 Å². The van der Waals surface area contributed by atoms with Crippen molar-refractivity contribution in [3.63, 3.8) is 0 Å². The lowest BCUT2D eigenvalue weighted by atomic mass is 10.3. The summed E-state index contributed by atoms with van der Waals surface area (Å²) in [6, 6.07) is 11.4. The third-order valence-electron chi connectivity index (χ3n) is 2.27. The van der Waals surface area contributed by atoms with Crippen molar-refractivity contribution in [1.29, 1.82) is 0 Å². The van der Waals surface area contributed by atoms with Crippen molar-refractivity contribution in [3.8, 4) is 0 Å². The Balaban J connectivity index is 2.32. The molecule has 1 aromatic carbocycles. The molecule has 6 heteroatoms. The molecule has 0 aliphatic rings. The van der Waals surface area contributed by atoms with Crippen molar-refractivity contribution in [3.05, 3.63) is 59.4 Å². The van der Waals surface area contributed by atoms with E-state index in [9.17, 15) is 18.0 Å². The number of benzene rings is 1. The lowest BCUT2D eigenvalue weighted by Gasteiger charge is -2.08. The van der Waals surface area contributed by atoms with Crippen LogP contribution < -0.4 is 0 Å². The lowest BCUT2D eigenvalue weighted by molar-refractivity contribution is -0.165. The summed E-state index contributed by atoms with van der Waals surface area (Å²) in [6.07, 6.45) is -2.50. The van der Waals surface area contributed by atoms with Crippen LogP contribution in [0.4, 0.5) is 13.2 Å². The van der Waals surface area contributed by atoms with Gasteiger partial charge in [-0.1, -0.05) is 30.0 Å². The van der Waals surface area contributed by atoms with Gasteiger partial charge in [0.25, 0.3) is 5.78 Å². The van der Waals surface area contributed by atoms with E-state index in [-0.39, 0.29) is 5.76 Å². The highest BCUT2D eigenvalue weighted by molar-refractivity contribution is 8.04. The molecule has 0 N–H and O–H groups in total. The summed E-state index contributed by atoms with van der Waals surface area (Å²) in [5, 5.41) is 0. The Kier molecular flexibility index (Phi) is 4.34. The molecule has 104 valence electrons. The second-order valence-corrected chi connectivity index (χ2v) is 4.88. The molecule has 0 spiro atoms. The number of carbonyl (C=O) groups excluding carboxylic acids is 1.